The van der Waals surface area contributed by atoms with Crippen LogP contribution in [0.4, 0.5) is 13.2 Å². The number of ether oxygens (including phenoxy) is 1. The van der Waals surface area contributed by atoms with Gasteiger partial charge in [-0.25, -0.2) is 4.79 Å². The minimum Gasteiger partial charge on any atom is -0.489 e. The van der Waals surface area contributed by atoms with E-state index in [1.165, 1.54) is 56.2 Å². The van der Waals surface area contributed by atoms with Crippen molar-refractivity contribution in [1.29, 1.82) is 0 Å². The van der Waals surface area contributed by atoms with E-state index in [-0.39, 0.29) is 5.41 Å². The fourth-order valence-electron chi connectivity index (χ4n) is 8.17. The Labute approximate surface area is 251 Å². The Bertz CT molecular complexity index is 1480. The summed E-state index contributed by atoms with van der Waals surface area (Å²) in [6.07, 6.45) is 8.65. The SMILES string of the molecule is O=C(O)C=CC(=CCCc1ccc(C23CC4CC(CC(C4)C2)C3)c(OCc2ccccc2)c1)c1cccc(C(F)(F)F)c1. The summed E-state index contributed by atoms with van der Waals surface area (Å²) in [6.45, 7) is 0.489. The molecule has 3 aromatic rings. The van der Waals surface area contributed by atoms with Gasteiger partial charge in [-0.1, -0.05) is 60.7 Å². The number of allylic oxidation sites excluding steroid dienone is 3. The molecule has 4 aliphatic carbocycles. The average Bonchev–Trinajstić information content (AvgIpc) is 2.97. The molecule has 0 aliphatic heterocycles. The number of hydrogen-bond donors (Lipinski definition) is 1. The summed E-state index contributed by atoms with van der Waals surface area (Å²) in [5.41, 5.74) is 3.71. The van der Waals surface area contributed by atoms with E-state index in [2.05, 4.69) is 30.3 Å². The smallest absolute Gasteiger partial charge is 0.416 e. The maximum atomic E-state index is 13.4. The van der Waals surface area contributed by atoms with Crippen LogP contribution in [-0.2, 0) is 29.4 Å². The molecule has 1 N–H and O–H groups in total. The average molecular weight is 587 g/mol. The van der Waals surface area contributed by atoms with E-state index < -0.39 is 17.7 Å². The summed E-state index contributed by atoms with van der Waals surface area (Å²) in [6, 6.07) is 21.8. The zero-order chi connectivity index (χ0) is 30.0. The lowest BCUT2D eigenvalue weighted by molar-refractivity contribution is -0.137. The Morgan fingerprint density at radius 2 is 1.56 bits per heavy atom. The van der Waals surface area contributed by atoms with Crippen LogP contribution in [0.25, 0.3) is 5.57 Å². The van der Waals surface area contributed by atoms with E-state index >= 15 is 0 Å². The molecule has 0 spiro atoms. The fourth-order valence-corrected chi connectivity index (χ4v) is 8.17. The first-order valence-electron chi connectivity index (χ1n) is 15.3. The van der Waals surface area contributed by atoms with Crippen LogP contribution in [0.1, 0.15) is 72.8 Å². The molecule has 4 saturated carbocycles. The van der Waals surface area contributed by atoms with E-state index in [4.69, 9.17) is 9.84 Å². The summed E-state index contributed by atoms with van der Waals surface area (Å²) in [4.78, 5) is 11.2. The normalized spacial score (nSPS) is 24.9. The number of carboxylic acid groups (broad SMARTS) is 1. The topological polar surface area (TPSA) is 46.5 Å². The Kier molecular flexibility index (Phi) is 8.21. The van der Waals surface area contributed by atoms with Crippen LogP contribution in [0.2, 0.25) is 0 Å². The number of benzene rings is 3. The van der Waals surface area contributed by atoms with Gasteiger partial charge in [0.1, 0.15) is 12.4 Å². The van der Waals surface area contributed by atoms with Crippen molar-refractivity contribution < 1.29 is 27.8 Å². The second-order valence-corrected chi connectivity index (χ2v) is 12.8. The van der Waals surface area contributed by atoms with Gasteiger partial charge < -0.3 is 9.84 Å². The molecule has 0 unspecified atom stereocenters. The molecule has 0 aromatic heterocycles. The van der Waals surface area contributed by atoms with E-state index in [0.717, 1.165) is 52.8 Å². The van der Waals surface area contributed by atoms with Crippen molar-refractivity contribution >= 4 is 11.5 Å². The molecule has 3 aromatic carbocycles. The van der Waals surface area contributed by atoms with Crippen molar-refractivity contribution in [3.05, 3.63) is 119 Å². The summed E-state index contributed by atoms with van der Waals surface area (Å²) < 4.78 is 46.6. The lowest BCUT2D eigenvalue weighted by atomic mass is 9.48. The highest BCUT2D eigenvalue weighted by atomic mass is 19.4. The molecule has 0 amide bonds. The molecule has 0 atom stereocenters. The number of aliphatic carboxylic acids is 1. The summed E-state index contributed by atoms with van der Waals surface area (Å²) in [5.74, 6) is 2.22. The van der Waals surface area contributed by atoms with Crippen molar-refractivity contribution in [1.82, 2.24) is 0 Å². The Morgan fingerprint density at radius 1 is 0.860 bits per heavy atom. The predicted molar refractivity (Wildman–Crippen MR) is 162 cm³/mol. The van der Waals surface area contributed by atoms with Crippen LogP contribution < -0.4 is 4.74 Å². The van der Waals surface area contributed by atoms with Gasteiger partial charge in [0.05, 0.1) is 5.56 Å². The molecule has 224 valence electrons. The van der Waals surface area contributed by atoms with E-state index in [1.807, 2.05) is 24.3 Å². The monoisotopic (exact) mass is 586 g/mol. The van der Waals surface area contributed by atoms with Crippen LogP contribution in [0, 0.1) is 17.8 Å². The van der Waals surface area contributed by atoms with Crippen LogP contribution in [0.15, 0.2) is 91.0 Å². The van der Waals surface area contributed by atoms with Crippen molar-refractivity contribution in [2.45, 2.75) is 69.6 Å². The molecule has 43 heavy (non-hydrogen) atoms. The maximum absolute atomic E-state index is 13.4. The predicted octanol–water partition coefficient (Wildman–Crippen LogP) is 9.41. The van der Waals surface area contributed by atoms with Crippen LogP contribution in [0.5, 0.6) is 5.75 Å². The molecular weight excluding hydrogens is 549 g/mol. The highest BCUT2D eigenvalue weighted by Gasteiger charge is 2.52. The lowest BCUT2D eigenvalue weighted by Crippen LogP contribution is -2.48. The minimum atomic E-state index is -4.48. The highest BCUT2D eigenvalue weighted by molar-refractivity contribution is 5.85. The van der Waals surface area contributed by atoms with Gasteiger partial charge in [-0.3, -0.25) is 0 Å². The second-order valence-electron chi connectivity index (χ2n) is 12.8. The third-order valence-electron chi connectivity index (χ3n) is 9.62. The number of carbonyl (C=O) groups is 1. The molecule has 7 rings (SSSR count). The number of rotatable bonds is 10. The molecule has 4 bridgehead atoms. The Morgan fingerprint density at radius 3 is 2.21 bits per heavy atom. The van der Waals surface area contributed by atoms with Gasteiger partial charge in [-0.15, -0.1) is 0 Å². The highest BCUT2D eigenvalue weighted by Crippen LogP contribution is 2.62. The number of aryl methyl sites for hydroxylation is 1. The number of alkyl halides is 3. The van der Waals surface area contributed by atoms with Gasteiger partial charge >= 0.3 is 12.1 Å². The molecule has 4 aliphatic rings. The van der Waals surface area contributed by atoms with Gasteiger partial charge in [-0.2, -0.15) is 13.2 Å². The molecule has 0 saturated heterocycles. The Hall–Kier alpha value is -3.80. The third-order valence-corrected chi connectivity index (χ3v) is 9.62. The van der Waals surface area contributed by atoms with Gasteiger partial charge in [-0.05, 0) is 121 Å². The van der Waals surface area contributed by atoms with E-state index in [9.17, 15) is 18.0 Å². The molecule has 0 heterocycles. The van der Waals surface area contributed by atoms with E-state index in [0.29, 0.717) is 30.6 Å². The maximum Gasteiger partial charge on any atom is 0.416 e. The van der Waals surface area contributed by atoms with Crippen molar-refractivity contribution in [3.8, 4) is 5.75 Å². The van der Waals surface area contributed by atoms with Crippen molar-refractivity contribution in [3.63, 3.8) is 0 Å². The summed E-state index contributed by atoms with van der Waals surface area (Å²) in [5, 5.41) is 9.17. The van der Waals surface area contributed by atoms with Crippen molar-refractivity contribution in [2.24, 2.45) is 17.8 Å². The summed E-state index contributed by atoms with van der Waals surface area (Å²) in [7, 11) is 0. The van der Waals surface area contributed by atoms with Gasteiger partial charge in [0.25, 0.3) is 0 Å². The number of carboxylic acids is 1. The molecular formula is C37H37F3O3. The molecule has 4 fully saturated rings. The number of hydrogen-bond acceptors (Lipinski definition) is 2. The lowest BCUT2D eigenvalue weighted by Gasteiger charge is -2.57. The molecule has 3 nitrogen and oxygen atoms in total. The summed E-state index contributed by atoms with van der Waals surface area (Å²) >= 11 is 0. The van der Waals surface area contributed by atoms with Crippen LogP contribution in [0.3, 0.4) is 0 Å². The van der Waals surface area contributed by atoms with Crippen LogP contribution >= 0.6 is 0 Å². The van der Waals surface area contributed by atoms with Gasteiger partial charge in [0.15, 0.2) is 0 Å². The molecule has 0 radical (unpaired) electrons. The first-order valence-corrected chi connectivity index (χ1v) is 15.3. The molecule has 6 heteroatoms. The quantitative estimate of drug-likeness (QED) is 0.190. The van der Waals surface area contributed by atoms with Crippen molar-refractivity contribution in [2.75, 3.05) is 0 Å². The minimum absolute atomic E-state index is 0.178. The third kappa shape index (κ3) is 6.74. The number of halogens is 3. The first-order chi connectivity index (χ1) is 20.7. The zero-order valence-corrected chi connectivity index (χ0v) is 24.2. The largest absolute Gasteiger partial charge is 0.489 e. The van der Waals surface area contributed by atoms with Gasteiger partial charge in [0, 0.05) is 11.6 Å². The first kappa shape index (κ1) is 29.3. The van der Waals surface area contributed by atoms with Gasteiger partial charge in [0.2, 0.25) is 0 Å². The Balaban J connectivity index is 1.26. The standard InChI is InChI=1S/C37H37F3O3/c38-37(39,40)32-11-5-10-31(20-32)30(13-15-35(41)42)9-4-8-25-12-14-33(34(19-25)43-24-26-6-2-1-3-7-26)36-21-27-16-28(22-36)18-29(17-27)23-36/h1-3,5-7,9-15,19-20,27-29H,4,8,16-18,21-24H2,(H,41,42). The van der Waals surface area contributed by atoms with Crippen LogP contribution in [-0.4, -0.2) is 11.1 Å². The second kappa shape index (κ2) is 12.1. The fraction of sp³-hybridized carbons (Fsp3) is 0.378. The van der Waals surface area contributed by atoms with E-state index in [1.54, 1.807) is 6.07 Å². The zero-order valence-electron chi connectivity index (χ0n) is 24.2.